The van der Waals surface area contributed by atoms with E-state index in [1.54, 1.807) is 17.4 Å². The van der Waals surface area contributed by atoms with E-state index in [1.807, 2.05) is 31.2 Å². The van der Waals surface area contributed by atoms with Crippen LogP contribution in [0.1, 0.15) is 48.3 Å². The van der Waals surface area contributed by atoms with Gasteiger partial charge in [-0.05, 0) is 51.0 Å². The Kier molecular flexibility index (Phi) is 9.86. The van der Waals surface area contributed by atoms with Crippen molar-refractivity contribution >= 4 is 28.8 Å². The number of aryl methyl sites for hydroxylation is 2. The maximum atomic E-state index is 10.7. The molecule has 0 saturated heterocycles. The summed E-state index contributed by atoms with van der Waals surface area (Å²) in [7, 11) is 0. The van der Waals surface area contributed by atoms with Crippen LogP contribution in [0, 0.1) is 18.8 Å². The Labute approximate surface area is 181 Å². The molecule has 1 aromatic rings. The average molecular weight is 442 g/mol. The maximum absolute atomic E-state index is 10.7. The number of carbonyl (C=O) groups excluding carboxylic acids is 1. The lowest BCUT2D eigenvalue weighted by atomic mass is 9.89. The molecular formula is C22H32ClNO4S. The molecule has 1 saturated carbocycles. The van der Waals surface area contributed by atoms with Crippen molar-refractivity contribution in [3.63, 3.8) is 0 Å². The second kappa shape index (κ2) is 11.9. The number of nitrogens with two attached hydrogens (primary N) is 1. The van der Waals surface area contributed by atoms with Crippen molar-refractivity contribution in [1.82, 2.24) is 0 Å². The largest absolute Gasteiger partial charge is 0.393 e. The summed E-state index contributed by atoms with van der Waals surface area (Å²) in [6, 6.07) is 1.95. The number of allylic oxidation sites excluding steroid dienone is 2. The van der Waals surface area contributed by atoms with Crippen LogP contribution in [0.4, 0.5) is 0 Å². The monoisotopic (exact) mass is 441 g/mol. The molecule has 5 N–H and O–H groups in total. The fourth-order valence-corrected chi connectivity index (χ4v) is 5.01. The molecule has 5 nitrogen and oxygen atoms in total. The standard InChI is InChI=1S/C22H32ClNO4S/c1-14-19(23)12-16(29-14)10-8-15(25)9-11-18-17(20(26)13-21(18)27)6-4-2-3-5-7-22(24)28/h2,4,9,11-12,15,17-18,20-21,25-27H,3,5-8,10,13H2,1H3,(H2,24,28)/t15?,17-,18-,20?,21?/m1/s1. The minimum absolute atomic E-state index is 0.0837. The lowest BCUT2D eigenvalue weighted by molar-refractivity contribution is -0.118. The van der Waals surface area contributed by atoms with E-state index in [2.05, 4.69) is 0 Å². The number of rotatable bonds is 11. The average Bonchev–Trinajstić information content (AvgIpc) is 3.11. The van der Waals surface area contributed by atoms with Crippen LogP contribution < -0.4 is 5.73 Å². The zero-order valence-electron chi connectivity index (χ0n) is 16.8. The van der Waals surface area contributed by atoms with E-state index in [-0.39, 0.29) is 17.7 Å². The van der Waals surface area contributed by atoms with Crippen molar-refractivity contribution in [2.45, 2.75) is 70.2 Å². The molecule has 1 aromatic heterocycles. The molecule has 5 atom stereocenters. The van der Waals surface area contributed by atoms with E-state index in [1.165, 1.54) is 0 Å². The van der Waals surface area contributed by atoms with Gasteiger partial charge in [-0.25, -0.2) is 0 Å². The number of thiophene rings is 1. The second-order valence-corrected chi connectivity index (χ2v) is 9.53. The van der Waals surface area contributed by atoms with Crippen LogP contribution in [0.15, 0.2) is 30.4 Å². The third-order valence-corrected chi connectivity index (χ3v) is 7.05. The van der Waals surface area contributed by atoms with Gasteiger partial charge < -0.3 is 21.1 Å². The summed E-state index contributed by atoms with van der Waals surface area (Å²) >= 11 is 7.72. The molecule has 1 amide bonds. The van der Waals surface area contributed by atoms with Crippen molar-refractivity contribution < 1.29 is 20.1 Å². The van der Waals surface area contributed by atoms with E-state index in [0.717, 1.165) is 27.6 Å². The Morgan fingerprint density at radius 2 is 2.14 bits per heavy atom. The summed E-state index contributed by atoms with van der Waals surface area (Å²) in [5, 5.41) is 31.7. The van der Waals surface area contributed by atoms with E-state index in [4.69, 9.17) is 17.3 Å². The van der Waals surface area contributed by atoms with Gasteiger partial charge in [-0.2, -0.15) is 0 Å². The smallest absolute Gasteiger partial charge is 0.217 e. The van der Waals surface area contributed by atoms with Gasteiger partial charge in [0.1, 0.15) is 0 Å². The van der Waals surface area contributed by atoms with Crippen LogP contribution in [-0.2, 0) is 11.2 Å². The Bertz CT molecular complexity index is 698. The molecule has 1 aliphatic carbocycles. The first-order valence-electron chi connectivity index (χ1n) is 10.2. The van der Waals surface area contributed by atoms with Crippen molar-refractivity contribution in [2.24, 2.45) is 17.6 Å². The number of amides is 1. The highest BCUT2D eigenvalue weighted by atomic mass is 35.5. The normalized spacial score (nSPS) is 26.0. The van der Waals surface area contributed by atoms with Crippen molar-refractivity contribution in [3.05, 3.63) is 45.1 Å². The second-order valence-electron chi connectivity index (χ2n) is 7.79. The van der Waals surface area contributed by atoms with E-state index in [0.29, 0.717) is 32.1 Å². The fourth-order valence-electron chi connectivity index (χ4n) is 3.76. The SMILES string of the molecule is Cc1sc(CCC(O)C=C[C@H]2C(O)CC(O)[C@@H]2CC=CCCCC(N)=O)cc1Cl. The predicted octanol–water partition coefficient (Wildman–Crippen LogP) is 3.52. The van der Waals surface area contributed by atoms with Crippen molar-refractivity contribution in [1.29, 1.82) is 0 Å². The van der Waals surface area contributed by atoms with Gasteiger partial charge in [0, 0.05) is 28.5 Å². The van der Waals surface area contributed by atoms with Crippen LogP contribution in [0.3, 0.4) is 0 Å². The summed E-state index contributed by atoms with van der Waals surface area (Å²) in [6.45, 7) is 1.98. The highest BCUT2D eigenvalue weighted by Crippen LogP contribution is 2.36. The highest BCUT2D eigenvalue weighted by Gasteiger charge is 2.39. The topological polar surface area (TPSA) is 104 Å². The van der Waals surface area contributed by atoms with Gasteiger partial charge in [0.15, 0.2) is 0 Å². The van der Waals surface area contributed by atoms with E-state index in [9.17, 15) is 20.1 Å². The van der Waals surface area contributed by atoms with Crippen LogP contribution >= 0.6 is 22.9 Å². The molecule has 0 aromatic carbocycles. The molecule has 1 fully saturated rings. The Hall–Kier alpha value is -1.18. The summed E-state index contributed by atoms with van der Waals surface area (Å²) in [6.07, 6.45) is 9.96. The van der Waals surface area contributed by atoms with Gasteiger partial charge in [-0.1, -0.05) is 35.9 Å². The maximum Gasteiger partial charge on any atom is 0.217 e. The van der Waals surface area contributed by atoms with Crippen LogP contribution in [0.2, 0.25) is 5.02 Å². The molecule has 3 unspecified atom stereocenters. The van der Waals surface area contributed by atoms with Crippen LogP contribution in [0.5, 0.6) is 0 Å². The first kappa shape index (κ1) is 24.1. The number of aliphatic hydroxyl groups excluding tert-OH is 3. The lowest BCUT2D eigenvalue weighted by Crippen LogP contribution is -2.20. The molecule has 162 valence electrons. The van der Waals surface area contributed by atoms with Gasteiger partial charge in [-0.3, -0.25) is 4.79 Å². The molecule has 7 heteroatoms. The molecule has 1 heterocycles. The summed E-state index contributed by atoms with van der Waals surface area (Å²) in [4.78, 5) is 13.0. The molecule has 0 radical (unpaired) electrons. The number of hydrogen-bond donors (Lipinski definition) is 4. The number of hydrogen-bond acceptors (Lipinski definition) is 5. The highest BCUT2D eigenvalue weighted by molar-refractivity contribution is 7.12. The molecular weight excluding hydrogens is 410 g/mol. The number of unbranched alkanes of at least 4 members (excludes halogenated alkanes) is 1. The summed E-state index contributed by atoms with van der Waals surface area (Å²) in [5.74, 6) is -0.568. The zero-order chi connectivity index (χ0) is 21.4. The van der Waals surface area contributed by atoms with Gasteiger partial charge in [0.05, 0.1) is 23.3 Å². The van der Waals surface area contributed by atoms with Crippen molar-refractivity contribution in [2.75, 3.05) is 0 Å². The summed E-state index contributed by atoms with van der Waals surface area (Å²) in [5.41, 5.74) is 5.12. The Balaban J connectivity index is 1.83. The zero-order valence-corrected chi connectivity index (χ0v) is 18.4. The Morgan fingerprint density at radius 1 is 1.38 bits per heavy atom. The number of primary amides is 1. The molecule has 0 aliphatic heterocycles. The predicted molar refractivity (Wildman–Crippen MR) is 118 cm³/mol. The molecule has 29 heavy (non-hydrogen) atoms. The first-order valence-corrected chi connectivity index (χ1v) is 11.4. The molecule has 0 bridgehead atoms. The summed E-state index contributed by atoms with van der Waals surface area (Å²) < 4.78 is 0. The number of carbonyl (C=O) groups is 1. The van der Waals surface area contributed by atoms with Crippen LogP contribution in [0.25, 0.3) is 0 Å². The quantitative estimate of drug-likeness (QED) is 0.311. The number of aliphatic hydroxyl groups is 3. The van der Waals surface area contributed by atoms with Gasteiger partial charge >= 0.3 is 0 Å². The van der Waals surface area contributed by atoms with Gasteiger partial charge in [-0.15, -0.1) is 11.3 Å². The minimum atomic E-state index is -0.611. The minimum Gasteiger partial charge on any atom is -0.393 e. The lowest BCUT2D eigenvalue weighted by Gasteiger charge is -2.19. The van der Waals surface area contributed by atoms with E-state index < -0.39 is 18.3 Å². The third kappa shape index (κ3) is 7.87. The van der Waals surface area contributed by atoms with E-state index >= 15 is 0 Å². The fraction of sp³-hybridized carbons (Fsp3) is 0.591. The number of halogens is 1. The first-order chi connectivity index (χ1) is 13.8. The van der Waals surface area contributed by atoms with Gasteiger partial charge in [0.2, 0.25) is 5.91 Å². The third-order valence-electron chi connectivity index (χ3n) is 5.43. The molecule has 0 spiro atoms. The Morgan fingerprint density at radius 3 is 2.79 bits per heavy atom. The molecule has 1 aliphatic rings. The molecule has 2 rings (SSSR count). The van der Waals surface area contributed by atoms with Gasteiger partial charge in [0.25, 0.3) is 0 Å². The van der Waals surface area contributed by atoms with Crippen molar-refractivity contribution in [3.8, 4) is 0 Å². The van der Waals surface area contributed by atoms with Crippen LogP contribution in [-0.4, -0.2) is 39.5 Å².